The highest BCUT2D eigenvalue weighted by Crippen LogP contribution is 2.55. The zero-order valence-electron chi connectivity index (χ0n) is 14.2. The van der Waals surface area contributed by atoms with Gasteiger partial charge in [0.25, 0.3) is 0 Å². The van der Waals surface area contributed by atoms with Gasteiger partial charge in [-0.2, -0.15) is 5.10 Å². The fraction of sp³-hybridized carbons (Fsp3) is 0.350. The van der Waals surface area contributed by atoms with Crippen LogP contribution in [0.25, 0.3) is 11.3 Å². The average molecular weight is 350 g/mol. The van der Waals surface area contributed by atoms with E-state index in [4.69, 9.17) is 0 Å². The average Bonchev–Trinajstić information content (AvgIpc) is 3.00. The van der Waals surface area contributed by atoms with E-state index in [1.807, 2.05) is 12.1 Å². The maximum absolute atomic E-state index is 13.0. The molecule has 132 valence electrons. The first-order chi connectivity index (χ1) is 12.5. The number of aromatic amines is 1. The summed E-state index contributed by atoms with van der Waals surface area (Å²) in [6.45, 7) is 1.31. The third kappa shape index (κ3) is 1.84. The van der Waals surface area contributed by atoms with Crippen LogP contribution in [0.5, 0.6) is 5.75 Å². The Morgan fingerprint density at radius 1 is 1.27 bits per heavy atom. The van der Waals surface area contributed by atoms with Crippen molar-refractivity contribution in [2.24, 2.45) is 5.92 Å². The third-order valence-electron chi connectivity index (χ3n) is 6.07. The number of hydrogen-bond donors (Lipinski definition) is 3. The number of aromatic nitrogens is 2. The zero-order chi connectivity index (χ0) is 18.2. The predicted molar refractivity (Wildman–Crippen MR) is 92.9 cm³/mol. The molecule has 3 unspecified atom stereocenters. The van der Waals surface area contributed by atoms with Gasteiger partial charge in [0.05, 0.1) is 22.9 Å². The van der Waals surface area contributed by atoms with Crippen LogP contribution in [0, 0.1) is 5.92 Å². The van der Waals surface area contributed by atoms with Crippen LogP contribution in [0.1, 0.15) is 48.4 Å². The minimum absolute atomic E-state index is 0.0461. The molecule has 1 aromatic heterocycles. The number of H-pyrrole nitrogens is 1. The van der Waals surface area contributed by atoms with Crippen LogP contribution >= 0.6 is 0 Å². The number of phenolic OH excluding ortho intramolecular Hbond substituents is 1. The molecule has 3 aliphatic carbocycles. The van der Waals surface area contributed by atoms with Crippen molar-refractivity contribution in [3.63, 3.8) is 0 Å². The third-order valence-corrected chi connectivity index (χ3v) is 6.07. The maximum Gasteiger partial charge on any atom is 0.179 e. The summed E-state index contributed by atoms with van der Waals surface area (Å²) in [6, 6.07) is 5.47. The van der Waals surface area contributed by atoms with Crippen molar-refractivity contribution in [3.05, 3.63) is 46.4 Å². The quantitative estimate of drug-likeness (QED) is 0.686. The number of allylic oxidation sites excluding steroid dienone is 2. The van der Waals surface area contributed by atoms with Crippen LogP contribution in [0.3, 0.4) is 0 Å². The lowest BCUT2D eigenvalue weighted by molar-refractivity contribution is -0.123. The molecule has 3 atom stereocenters. The fourth-order valence-corrected chi connectivity index (χ4v) is 5.11. The van der Waals surface area contributed by atoms with Crippen molar-refractivity contribution >= 4 is 11.6 Å². The van der Waals surface area contributed by atoms with Gasteiger partial charge in [-0.3, -0.25) is 14.7 Å². The summed E-state index contributed by atoms with van der Waals surface area (Å²) >= 11 is 0. The monoisotopic (exact) mass is 350 g/mol. The molecule has 0 saturated carbocycles. The number of rotatable bonds is 1. The lowest BCUT2D eigenvalue weighted by Crippen LogP contribution is -2.37. The molecule has 1 heterocycles. The maximum atomic E-state index is 13.0. The van der Waals surface area contributed by atoms with Crippen molar-refractivity contribution in [2.45, 2.75) is 38.0 Å². The molecule has 0 bridgehead atoms. The van der Waals surface area contributed by atoms with Crippen LogP contribution in [0.4, 0.5) is 0 Å². The highest BCUT2D eigenvalue weighted by Gasteiger charge is 2.48. The predicted octanol–water partition coefficient (Wildman–Crippen LogP) is 2.90. The number of fused-ring (bicyclic) bond motifs is 4. The van der Waals surface area contributed by atoms with E-state index in [9.17, 15) is 19.8 Å². The standard InChI is InChI=1S/C20H18N2O4/c1-8(23)14-13(25)7-11-6-10-5-9-3-2-4-12(24)15(9)18-16(10)19(22-21-18)17(11)20(14)26/h2-4,10-11,17,24-25H,5-7H2,1H3,(H,21,22). The highest BCUT2D eigenvalue weighted by molar-refractivity contribution is 6.22. The molecule has 26 heavy (non-hydrogen) atoms. The minimum atomic E-state index is -0.482. The van der Waals surface area contributed by atoms with Crippen LogP contribution < -0.4 is 0 Å². The van der Waals surface area contributed by atoms with Gasteiger partial charge in [-0.25, -0.2) is 0 Å². The summed E-state index contributed by atoms with van der Waals surface area (Å²) in [5.41, 5.74) is 4.13. The number of nitrogens with zero attached hydrogens (tertiary/aromatic N) is 1. The van der Waals surface area contributed by atoms with E-state index in [1.165, 1.54) is 6.92 Å². The summed E-state index contributed by atoms with van der Waals surface area (Å²) in [5.74, 6) is -0.951. The Labute approximate surface area is 149 Å². The molecule has 0 saturated heterocycles. The number of phenols is 1. The van der Waals surface area contributed by atoms with Gasteiger partial charge in [-0.15, -0.1) is 0 Å². The molecule has 3 N–H and O–H groups in total. The molecular weight excluding hydrogens is 332 g/mol. The van der Waals surface area contributed by atoms with Crippen molar-refractivity contribution in [1.82, 2.24) is 10.2 Å². The number of ketones is 2. The van der Waals surface area contributed by atoms with Gasteiger partial charge in [-0.1, -0.05) is 12.1 Å². The molecule has 1 aromatic carbocycles. The van der Waals surface area contributed by atoms with E-state index in [0.717, 1.165) is 35.2 Å². The van der Waals surface area contributed by atoms with Gasteiger partial charge >= 0.3 is 0 Å². The van der Waals surface area contributed by atoms with Crippen molar-refractivity contribution in [2.75, 3.05) is 0 Å². The number of carbonyl (C=O) groups excluding carboxylic acids is 2. The van der Waals surface area contributed by atoms with Gasteiger partial charge in [0.2, 0.25) is 0 Å². The summed E-state index contributed by atoms with van der Waals surface area (Å²) in [5, 5.41) is 28.0. The van der Waals surface area contributed by atoms with E-state index < -0.39 is 11.7 Å². The molecule has 6 nitrogen and oxygen atoms in total. The van der Waals surface area contributed by atoms with Crippen molar-refractivity contribution in [1.29, 1.82) is 0 Å². The van der Waals surface area contributed by atoms with Crippen LogP contribution in [-0.4, -0.2) is 32.0 Å². The Morgan fingerprint density at radius 2 is 2.08 bits per heavy atom. The molecule has 5 rings (SSSR count). The largest absolute Gasteiger partial charge is 0.511 e. The van der Waals surface area contributed by atoms with E-state index in [0.29, 0.717) is 12.1 Å². The zero-order valence-corrected chi connectivity index (χ0v) is 14.2. The SMILES string of the molecule is CC(=O)C1=C(O)CC2CC3Cc4cccc(O)c4-c4n[nH]c(c43)C2C1=O. The van der Waals surface area contributed by atoms with Gasteiger partial charge in [-0.05, 0) is 43.2 Å². The van der Waals surface area contributed by atoms with Crippen LogP contribution in [0.15, 0.2) is 29.5 Å². The number of aromatic hydroxyl groups is 1. The number of aliphatic hydroxyl groups excluding tert-OH is 1. The van der Waals surface area contributed by atoms with E-state index in [2.05, 4.69) is 10.2 Å². The Hall–Kier alpha value is -2.89. The van der Waals surface area contributed by atoms with Crippen molar-refractivity contribution < 1.29 is 19.8 Å². The van der Waals surface area contributed by atoms with Crippen LogP contribution in [0.2, 0.25) is 0 Å². The number of Topliss-reactive ketones (excluding diaryl/α,β-unsaturated/α-hetero) is 2. The molecule has 0 amide bonds. The molecule has 0 radical (unpaired) electrons. The Balaban J connectivity index is 1.70. The fourth-order valence-electron chi connectivity index (χ4n) is 5.11. The molecule has 3 aliphatic rings. The summed E-state index contributed by atoms with van der Waals surface area (Å²) in [6.07, 6.45) is 1.85. The molecular formula is C20H18N2O4. The number of aliphatic hydroxyl groups is 1. The van der Waals surface area contributed by atoms with Gasteiger partial charge < -0.3 is 10.2 Å². The summed E-state index contributed by atoms with van der Waals surface area (Å²) in [4.78, 5) is 24.8. The molecule has 0 aliphatic heterocycles. The normalized spacial score (nSPS) is 26.2. The van der Waals surface area contributed by atoms with Gasteiger partial charge in [0.1, 0.15) is 11.5 Å². The summed E-state index contributed by atoms with van der Waals surface area (Å²) < 4.78 is 0. The molecule has 0 spiro atoms. The van der Waals surface area contributed by atoms with Crippen molar-refractivity contribution in [3.8, 4) is 17.0 Å². The second-order valence-corrected chi connectivity index (χ2v) is 7.53. The molecule has 6 heteroatoms. The second-order valence-electron chi connectivity index (χ2n) is 7.53. The van der Waals surface area contributed by atoms with Crippen LogP contribution in [-0.2, 0) is 16.0 Å². The first-order valence-corrected chi connectivity index (χ1v) is 8.84. The Morgan fingerprint density at radius 3 is 2.85 bits per heavy atom. The first-order valence-electron chi connectivity index (χ1n) is 8.84. The number of nitrogens with one attached hydrogen (secondary N) is 1. The Bertz CT molecular complexity index is 1020. The van der Waals surface area contributed by atoms with E-state index >= 15 is 0 Å². The molecule has 0 fully saturated rings. The second kappa shape index (κ2) is 5.06. The van der Waals surface area contributed by atoms with Gasteiger partial charge in [0, 0.05) is 17.5 Å². The summed E-state index contributed by atoms with van der Waals surface area (Å²) in [7, 11) is 0. The lowest BCUT2D eigenvalue weighted by Gasteiger charge is -2.39. The minimum Gasteiger partial charge on any atom is -0.511 e. The topological polar surface area (TPSA) is 103 Å². The number of benzene rings is 1. The lowest BCUT2D eigenvalue weighted by atomic mass is 9.63. The van der Waals surface area contributed by atoms with E-state index in [1.54, 1.807) is 6.07 Å². The number of carbonyl (C=O) groups is 2. The first kappa shape index (κ1) is 15.4. The Kier molecular flexibility index (Phi) is 2.99. The highest BCUT2D eigenvalue weighted by atomic mass is 16.3. The molecule has 2 aromatic rings. The van der Waals surface area contributed by atoms with E-state index in [-0.39, 0.29) is 34.7 Å². The smallest absolute Gasteiger partial charge is 0.179 e. The number of hydrogen-bond acceptors (Lipinski definition) is 5. The van der Waals surface area contributed by atoms with Gasteiger partial charge in [0.15, 0.2) is 11.6 Å².